The van der Waals surface area contributed by atoms with Gasteiger partial charge in [-0.25, -0.2) is 4.39 Å². The van der Waals surface area contributed by atoms with Gasteiger partial charge in [0, 0.05) is 16.3 Å². The average Bonchev–Trinajstić information content (AvgIpc) is 2.62. The second-order valence-corrected chi connectivity index (χ2v) is 5.80. The van der Waals surface area contributed by atoms with Crippen LogP contribution in [0.2, 0.25) is 5.02 Å². The Morgan fingerprint density at radius 2 is 1.50 bits per heavy atom. The average molecular weight is 340 g/mol. The summed E-state index contributed by atoms with van der Waals surface area (Å²) in [7, 11) is 0. The van der Waals surface area contributed by atoms with Gasteiger partial charge in [-0.05, 0) is 54.1 Å². The van der Waals surface area contributed by atoms with Crippen LogP contribution in [0.4, 0.5) is 10.1 Å². The van der Waals surface area contributed by atoms with Gasteiger partial charge in [-0.15, -0.1) is 0 Å². The van der Waals surface area contributed by atoms with Gasteiger partial charge in [-0.3, -0.25) is 4.79 Å². The molecule has 0 atom stereocenters. The van der Waals surface area contributed by atoms with Crippen LogP contribution >= 0.6 is 11.6 Å². The van der Waals surface area contributed by atoms with E-state index in [1.165, 1.54) is 12.1 Å². The van der Waals surface area contributed by atoms with Crippen molar-refractivity contribution in [1.82, 2.24) is 0 Å². The van der Waals surface area contributed by atoms with E-state index in [4.69, 9.17) is 11.6 Å². The molecule has 120 valence electrons. The fourth-order valence-electron chi connectivity index (χ4n) is 2.41. The van der Waals surface area contributed by atoms with Gasteiger partial charge in [0.05, 0.1) is 6.54 Å². The van der Waals surface area contributed by atoms with Gasteiger partial charge in [-0.1, -0.05) is 41.9 Å². The standard InChI is InChI=1S/C20H15ClFNO/c21-17-8-6-15(7-9-17)14-23(19-12-10-18(22)11-13-19)20(24)16-4-2-1-3-5-16/h1-13H,14H2. The van der Waals surface area contributed by atoms with Crippen molar-refractivity contribution in [3.63, 3.8) is 0 Å². The number of amides is 1. The van der Waals surface area contributed by atoms with Crippen LogP contribution in [0.3, 0.4) is 0 Å². The summed E-state index contributed by atoms with van der Waals surface area (Å²) in [6.07, 6.45) is 0. The molecule has 0 radical (unpaired) electrons. The molecule has 4 heteroatoms. The molecule has 0 spiro atoms. The van der Waals surface area contributed by atoms with Crippen LogP contribution in [-0.2, 0) is 6.54 Å². The second-order valence-electron chi connectivity index (χ2n) is 5.36. The Kier molecular flexibility index (Phi) is 4.92. The van der Waals surface area contributed by atoms with E-state index in [0.29, 0.717) is 22.8 Å². The van der Waals surface area contributed by atoms with Crippen LogP contribution in [0.25, 0.3) is 0 Å². The van der Waals surface area contributed by atoms with Gasteiger partial charge in [0.25, 0.3) is 5.91 Å². The smallest absolute Gasteiger partial charge is 0.258 e. The van der Waals surface area contributed by atoms with Gasteiger partial charge in [0.2, 0.25) is 0 Å². The monoisotopic (exact) mass is 339 g/mol. The zero-order valence-electron chi connectivity index (χ0n) is 12.8. The third-order valence-corrected chi connectivity index (χ3v) is 3.91. The minimum Gasteiger partial charge on any atom is -0.304 e. The van der Waals surface area contributed by atoms with Crippen LogP contribution in [0.5, 0.6) is 0 Å². The number of carbonyl (C=O) groups excluding carboxylic acids is 1. The number of hydrogen-bond donors (Lipinski definition) is 0. The molecule has 0 fully saturated rings. The van der Waals surface area contributed by atoms with Crippen molar-refractivity contribution in [2.24, 2.45) is 0 Å². The number of benzene rings is 3. The van der Waals surface area contributed by atoms with Crippen molar-refractivity contribution in [2.45, 2.75) is 6.54 Å². The molecule has 24 heavy (non-hydrogen) atoms. The van der Waals surface area contributed by atoms with Crippen LogP contribution in [0, 0.1) is 5.82 Å². The molecule has 1 amide bonds. The summed E-state index contributed by atoms with van der Waals surface area (Å²) < 4.78 is 13.2. The summed E-state index contributed by atoms with van der Waals surface area (Å²) in [6.45, 7) is 0.372. The van der Waals surface area contributed by atoms with E-state index in [0.717, 1.165) is 5.56 Å². The molecule has 0 saturated carbocycles. The Morgan fingerprint density at radius 3 is 2.12 bits per heavy atom. The summed E-state index contributed by atoms with van der Waals surface area (Å²) in [5, 5.41) is 0.640. The highest BCUT2D eigenvalue weighted by atomic mass is 35.5. The van der Waals surface area contributed by atoms with Crippen molar-refractivity contribution in [3.8, 4) is 0 Å². The van der Waals surface area contributed by atoms with E-state index in [1.807, 2.05) is 30.3 Å². The summed E-state index contributed by atoms with van der Waals surface area (Å²) in [6, 6.07) is 22.2. The van der Waals surface area contributed by atoms with E-state index < -0.39 is 0 Å². The Bertz CT molecular complexity index is 817. The van der Waals surface area contributed by atoms with E-state index >= 15 is 0 Å². The number of halogens is 2. The lowest BCUT2D eigenvalue weighted by molar-refractivity contribution is 0.0985. The molecule has 0 heterocycles. The predicted molar refractivity (Wildman–Crippen MR) is 94.8 cm³/mol. The quantitative estimate of drug-likeness (QED) is 0.629. The third-order valence-electron chi connectivity index (χ3n) is 3.66. The highest BCUT2D eigenvalue weighted by Gasteiger charge is 2.18. The van der Waals surface area contributed by atoms with Crippen LogP contribution in [-0.4, -0.2) is 5.91 Å². The predicted octanol–water partition coefficient (Wildman–Crippen LogP) is 5.33. The zero-order chi connectivity index (χ0) is 16.9. The van der Waals surface area contributed by atoms with Gasteiger partial charge >= 0.3 is 0 Å². The first-order valence-electron chi connectivity index (χ1n) is 7.50. The van der Waals surface area contributed by atoms with Crippen molar-refractivity contribution in [2.75, 3.05) is 4.90 Å². The van der Waals surface area contributed by atoms with E-state index in [-0.39, 0.29) is 11.7 Å². The molecule has 0 N–H and O–H groups in total. The lowest BCUT2D eigenvalue weighted by atomic mass is 10.1. The van der Waals surface area contributed by atoms with E-state index in [1.54, 1.807) is 41.3 Å². The van der Waals surface area contributed by atoms with Gasteiger partial charge in [0.15, 0.2) is 0 Å². The molecule has 0 aliphatic carbocycles. The molecular formula is C20H15ClFNO. The van der Waals surface area contributed by atoms with E-state index in [2.05, 4.69) is 0 Å². The molecule has 0 aromatic heterocycles. The molecule has 0 bridgehead atoms. The largest absolute Gasteiger partial charge is 0.304 e. The van der Waals surface area contributed by atoms with Crippen LogP contribution in [0.15, 0.2) is 78.9 Å². The molecule has 0 saturated heterocycles. The van der Waals surface area contributed by atoms with Gasteiger partial charge in [0.1, 0.15) is 5.82 Å². The zero-order valence-corrected chi connectivity index (χ0v) is 13.6. The molecule has 2 nitrogen and oxygen atoms in total. The summed E-state index contributed by atoms with van der Waals surface area (Å²) in [5.41, 5.74) is 2.16. The molecule has 3 aromatic carbocycles. The third kappa shape index (κ3) is 3.81. The molecule has 0 aliphatic rings. The van der Waals surface area contributed by atoms with Crippen molar-refractivity contribution >= 4 is 23.2 Å². The number of hydrogen-bond acceptors (Lipinski definition) is 1. The van der Waals surface area contributed by atoms with Crippen molar-refractivity contribution < 1.29 is 9.18 Å². The molecule has 0 unspecified atom stereocenters. The maximum atomic E-state index is 13.2. The topological polar surface area (TPSA) is 20.3 Å². The minimum atomic E-state index is -0.336. The maximum Gasteiger partial charge on any atom is 0.258 e. The molecule has 3 rings (SSSR count). The SMILES string of the molecule is O=C(c1ccccc1)N(Cc1ccc(Cl)cc1)c1ccc(F)cc1. The van der Waals surface area contributed by atoms with Crippen LogP contribution < -0.4 is 4.90 Å². The highest BCUT2D eigenvalue weighted by Crippen LogP contribution is 2.21. The first-order chi connectivity index (χ1) is 11.6. The molecular weight excluding hydrogens is 325 g/mol. The summed E-state index contributed by atoms with van der Waals surface area (Å²) >= 11 is 5.92. The maximum absolute atomic E-state index is 13.2. The number of rotatable bonds is 4. The summed E-state index contributed by atoms with van der Waals surface area (Å²) in [4.78, 5) is 14.5. The number of anilines is 1. The fraction of sp³-hybridized carbons (Fsp3) is 0.0500. The van der Waals surface area contributed by atoms with E-state index in [9.17, 15) is 9.18 Å². The normalized spacial score (nSPS) is 10.4. The first kappa shape index (κ1) is 16.2. The lowest BCUT2D eigenvalue weighted by Crippen LogP contribution is -2.30. The van der Waals surface area contributed by atoms with Crippen molar-refractivity contribution in [3.05, 3.63) is 101 Å². The number of nitrogens with zero attached hydrogens (tertiary/aromatic N) is 1. The van der Waals surface area contributed by atoms with Crippen LogP contribution in [0.1, 0.15) is 15.9 Å². The minimum absolute atomic E-state index is 0.142. The highest BCUT2D eigenvalue weighted by molar-refractivity contribution is 6.30. The Hall–Kier alpha value is -2.65. The molecule has 0 aliphatic heterocycles. The first-order valence-corrected chi connectivity index (χ1v) is 7.88. The summed E-state index contributed by atoms with van der Waals surface area (Å²) in [5.74, 6) is -0.477. The number of carbonyl (C=O) groups is 1. The Morgan fingerprint density at radius 1 is 0.875 bits per heavy atom. The Balaban J connectivity index is 1.95. The molecule has 3 aromatic rings. The van der Waals surface area contributed by atoms with Gasteiger partial charge in [-0.2, -0.15) is 0 Å². The Labute approximate surface area is 145 Å². The van der Waals surface area contributed by atoms with Gasteiger partial charge < -0.3 is 4.90 Å². The second kappa shape index (κ2) is 7.28. The fourth-order valence-corrected chi connectivity index (χ4v) is 2.54. The van der Waals surface area contributed by atoms with Crippen molar-refractivity contribution in [1.29, 1.82) is 0 Å². The lowest BCUT2D eigenvalue weighted by Gasteiger charge is -2.23.